The molecule has 0 aliphatic heterocycles. The third-order valence-corrected chi connectivity index (χ3v) is 5.19. The Morgan fingerprint density at radius 2 is 1.93 bits per heavy atom. The predicted molar refractivity (Wildman–Crippen MR) is 121 cm³/mol. The number of amides is 1. The summed E-state index contributed by atoms with van der Waals surface area (Å²) in [5, 5.41) is 16.7. The Morgan fingerprint density at radius 3 is 2.64 bits per heavy atom. The first-order valence-corrected chi connectivity index (χ1v) is 10.0. The monoisotopic (exact) mass is 571 g/mol. The Kier molecular flexibility index (Phi) is 6.42. The Hall–Kier alpha value is -2.31. The number of hydrogen-bond donors (Lipinski definition) is 2. The molecule has 1 aromatic heterocycles. The number of para-hydroxylation sites is 1. The number of nitrogens with one attached hydrogen (secondary N) is 2. The molecule has 7 nitrogen and oxygen atoms in total. The lowest BCUT2D eigenvalue weighted by Crippen LogP contribution is -2.34. The van der Waals surface area contributed by atoms with Gasteiger partial charge in [0.2, 0.25) is 0 Å². The second kappa shape index (κ2) is 8.80. The lowest BCUT2D eigenvalue weighted by Gasteiger charge is -2.10. The number of benzene rings is 2. The van der Waals surface area contributed by atoms with E-state index in [-0.39, 0.29) is 27.9 Å². The Morgan fingerprint density at radius 1 is 1.18 bits per heavy atom. The number of rotatable bonds is 4. The predicted octanol–water partition coefficient (Wildman–Crippen LogP) is 5.35. The van der Waals surface area contributed by atoms with Crippen LogP contribution < -0.4 is 10.6 Å². The minimum Gasteiger partial charge on any atom is -0.451 e. The van der Waals surface area contributed by atoms with Gasteiger partial charge in [0.1, 0.15) is 5.76 Å². The fourth-order valence-electron chi connectivity index (χ4n) is 2.36. The summed E-state index contributed by atoms with van der Waals surface area (Å²) in [7, 11) is 0. The third-order valence-electron chi connectivity index (χ3n) is 3.60. The number of nitro benzene ring substituents is 1. The van der Waals surface area contributed by atoms with Crippen molar-refractivity contribution in [2.24, 2.45) is 0 Å². The van der Waals surface area contributed by atoms with E-state index in [1.807, 2.05) is 18.2 Å². The molecular weight excluding hydrogens is 561 g/mol. The van der Waals surface area contributed by atoms with E-state index >= 15 is 0 Å². The van der Waals surface area contributed by atoms with Crippen molar-refractivity contribution in [1.82, 2.24) is 5.32 Å². The summed E-state index contributed by atoms with van der Waals surface area (Å²) < 4.78 is 7.34. The molecule has 0 saturated heterocycles. The van der Waals surface area contributed by atoms with Crippen LogP contribution in [0.1, 0.15) is 10.6 Å². The molecular formula is C18H11BrIN3O4S. The highest BCUT2D eigenvalue weighted by molar-refractivity contribution is 14.1. The van der Waals surface area contributed by atoms with Gasteiger partial charge in [-0.1, -0.05) is 28.1 Å². The van der Waals surface area contributed by atoms with E-state index in [4.69, 9.17) is 16.6 Å². The summed E-state index contributed by atoms with van der Waals surface area (Å²) in [5.41, 5.74) is 0.927. The number of anilines is 1. The number of halogens is 2. The van der Waals surface area contributed by atoms with Crippen LogP contribution in [0.3, 0.4) is 0 Å². The van der Waals surface area contributed by atoms with Crippen LogP contribution in [0.25, 0.3) is 11.3 Å². The van der Waals surface area contributed by atoms with Crippen LogP contribution in [-0.4, -0.2) is 15.9 Å². The van der Waals surface area contributed by atoms with Crippen LogP contribution >= 0.6 is 50.7 Å². The molecule has 0 spiro atoms. The van der Waals surface area contributed by atoms with E-state index < -0.39 is 10.8 Å². The second-order valence-corrected chi connectivity index (χ2v) is 7.96. The standard InChI is InChI=1S/C18H11BrIN3O4S/c19-10-5-6-13(12(20)9-10)21-18(28)22-17(24)16-8-7-15(27-16)11-3-1-2-4-14(11)23(25)26/h1-9H,(H2,21,22,24,28). The maximum Gasteiger partial charge on any atom is 0.293 e. The maximum absolute atomic E-state index is 12.4. The van der Waals surface area contributed by atoms with Gasteiger partial charge in [-0.25, -0.2) is 0 Å². The zero-order valence-electron chi connectivity index (χ0n) is 13.9. The van der Waals surface area contributed by atoms with Crippen LogP contribution in [0.4, 0.5) is 11.4 Å². The number of carbonyl (C=O) groups excluding carboxylic acids is 1. The van der Waals surface area contributed by atoms with Gasteiger partial charge in [0.15, 0.2) is 10.9 Å². The Bertz CT molecular complexity index is 1090. The first kappa shape index (κ1) is 20.4. The Balaban J connectivity index is 1.72. The van der Waals surface area contributed by atoms with Gasteiger partial charge in [0, 0.05) is 14.1 Å². The molecule has 0 atom stereocenters. The highest BCUT2D eigenvalue weighted by Crippen LogP contribution is 2.30. The molecule has 1 amide bonds. The third kappa shape index (κ3) is 4.75. The summed E-state index contributed by atoms with van der Waals surface area (Å²) in [6, 6.07) is 14.7. The van der Waals surface area contributed by atoms with Gasteiger partial charge in [0.05, 0.1) is 16.2 Å². The molecule has 28 heavy (non-hydrogen) atoms. The fourth-order valence-corrected chi connectivity index (χ4v) is 4.00. The Labute approximate surface area is 186 Å². The zero-order chi connectivity index (χ0) is 20.3. The minimum atomic E-state index is -0.561. The summed E-state index contributed by atoms with van der Waals surface area (Å²) in [5.74, 6) is -0.351. The van der Waals surface area contributed by atoms with Crippen molar-refractivity contribution in [2.45, 2.75) is 0 Å². The fraction of sp³-hybridized carbons (Fsp3) is 0. The molecule has 10 heteroatoms. The van der Waals surface area contributed by atoms with Gasteiger partial charge in [-0.3, -0.25) is 20.2 Å². The molecule has 2 aromatic carbocycles. The molecule has 0 bridgehead atoms. The van der Waals surface area contributed by atoms with Crippen LogP contribution in [0, 0.1) is 13.7 Å². The molecule has 3 rings (SSSR count). The van der Waals surface area contributed by atoms with Gasteiger partial charge in [-0.05, 0) is 71.2 Å². The summed E-state index contributed by atoms with van der Waals surface area (Å²) in [4.78, 5) is 23.0. The second-order valence-electron chi connectivity index (χ2n) is 5.47. The minimum absolute atomic E-state index is 0.0113. The van der Waals surface area contributed by atoms with Crippen LogP contribution in [-0.2, 0) is 0 Å². The summed E-state index contributed by atoms with van der Waals surface area (Å²) in [6.07, 6.45) is 0. The zero-order valence-corrected chi connectivity index (χ0v) is 18.5. The molecule has 0 fully saturated rings. The topological polar surface area (TPSA) is 97.4 Å². The van der Waals surface area contributed by atoms with Crippen molar-refractivity contribution in [3.63, 3.8) is 0 Å². The molecule has 3 aromatic rings. The molecule has 0 saturated carbocycles. The van der Waals surface area contributed by atoms with E-state index in [0.29, 0.717) is 0 Å². The number of nitrogens with zero attached hydrogens (tertiary/aromatic N) is 1. The van der Waals surface area contributed by atoms with Gasteiger partial charge < -0.3 is 9.73 Å². The van der Waals surface area contributed by atoms with Crippen molar-refractivity contribution >= 4 is 73.1 Å². The lowest BCUT2D eigenvalue weighted by molar-refractivity contribution is -0.384. The highest BCUT2D eigenvalue weighted by atomic mass is 127. The van der Waals surface area contributed by atoms with Gasteiger partial charge in [0.25, 0.3) is 11.6 Å². The summed E-state index contributed by atoms with van der Waals surface area (Å²) in [6.45, 7) is 0. The maximum atomic E-state index is 12.4. The lowest BCUT2D eigenvalue weighted by atomic mass is 10.1. The van der Waals surface area contributed by atoms with Crippen molar-refractivity contribution in [2.75, 3.05) is 5.32 Å². The van der Waals surface area contributed by atoms with E-state index in [1.165, 1.54) is 18.2 Å². The first-order chi connectivity index (χ1) is 13.3. The van der Waals surface area contributed by atoms with E-state index in [9.17, 15) is 14.9 Å². The van der Waals surface area contributed by atoms with Crippen molar-refractivity contribution < 1.29 is 14.1 Å². The molecule has 0 unspecified atom stereocenters. The van der Waals surface area contributed by atoms with Crippen LogP contribution in [0.5, 0.6) is 0 Å². The molecule has 2 N–H and O–H groups in total. The van der Waals surface area contributed by atoms with Crippen molar-refractivity contribution in [1.29, 1.82) is 0 Å². The molecule has 1 heterocycles. The van der Waals surface area contributed by atoms with E-state index in [0.717, 1.165) is 13.7 Å². The number of furan rings is 1. The molecule has 142 valence electrons. The molecule has 0 aliphatic rings. The van der Waals surface area contributed by atoms with Gasteiger partial charge >= 0.3 is 0 Å². The quantitative estimate of drug-likeness (QED) is 0.190. The van der Waals surface area contributed by atoms with Crippen molar-refractivity contribution in [3.8, 4) is 11.3 Å². The SMILES string of the molecule is O=C(NC(=S)Nc1ccc(Br)cc1I)c1ccc(-c2ccccc2[N+](=O)[O-])o1. The average molecular weight is 572 g/mol. The van der Waals surface area contributed by atoms with Crippen molar-refractivity contribution in [3.05, 3.63) is 78.5 Å². The number of thiocarbonyl (C=S) groups is 1. The molecule has 0 aliphatic carbocycles. The smallest absolute Gasteiger partial charge is 0.293 e. The normalized spacial score (nSPS) is 10.4. The average Bonchev–Trinajstić information content (AvgIpc) is 3.14. The largest absolute Gasteiger partial charge is 0.451 e. The number of carbonyl (C=O) groups is 1. The number of hydrogen-bond acceptors (Lipinski definition) is 5. The van der Waals surface area contributed by atoms with Gasteiger partial charge in [-0.15, -0.1) is 0 Å². The van der Waals surface area contributed by atoms with E-state index in [2.05, 4.69) is 49.2 Å². The highest BCUT2D eigenvalue weighted by Gasteiger charge is 2.19. The molecule has 0 radical (unpaired) electrons. The van der Waals surface area contributed by atoms with Crippen LogP contribution in [0.15, 0.2) is 63.5 Å². The van der Waals surface area contributed by atoms with Crippen LogP contribution in [0.2, 0.25) is 0 Å². The van der Waals surface area contributed by atoms with E-state index in [1.54, 1.807) is 18.2 Å². The van der Waals surface area contributed by atoms with Gasteiger partial charge in [-0.2, -0.15) is 0 Å². The summed E-state index contributed by atoms with van der Waals surface area (Å²) >= 11 is 10.7. The number of nitro groups is 1. The first-order valence-electron chi connectivity index (χ1n) is 7.76.